The lowest BCUT2D eigenvalue weighted by molar-refractivity contribution is 0.0612. The summed E-state index contributed by atoms with van der Waals surface area (Å²) < 4.78 is 13.8. The lowest BCUT2D eigenvalue weighted by Gasteiger charge is -2.37. The Labute approximate surface area is 141 Å². The molecule has 0 aromatic heterocycles. The van der Waals surface area contributed by atoms with Gasteiger partial charge in [0.05, 0.1) is 10.6 Å². The summed E-state index contributed by atoms with van der Waals surface area (Å²) in [5, 5.41) is 0.158. The fourth-order valence-electron chi connectivity index (χ4n) is 2.55. The van der Waals surface area contributed by atoms with Crippen molar-refractivity contribution in [1.29, 1.82) is 0 Å². The van der Waals surface area contributed by atoms with E-state index in [0.29, 0.717) is 13.1 Å². The Bertz CT molecular complexity index is 506. The van der Waals surface area contributed by atoms with E-state index < -0.39 is 5.82 Å². The summed E-state index contributed by atoms with van der Waals surface area (Å²) in [7, 11) is 0. The first-order valence-corrected chi connectivity index (χ1v) is 7.40. The van der Waals surface area contributed by atoms with E-state index in [9.17, 15) is 9.18 Å². The maximum absolute atomic E-state index is 13.8. The Morgan fingerprint density at radius 1 is 1.32 bits per heavy atom. The summed E-state index contributed by atoms with van der Waals surface area (Å²) in [6.07, 6.45) is 0. The molecule has 0 radical (unpaired) electrons. The van der Waals surface area contributed by atoms with Crippen molar-refractivity contribution < 1.29 is 9.18 Å². The van der Waals surface area contributed by atoms with E-state index in [2.05, 4.69) is 4.90 Å². The van der Waals surface area contributed by atoms with Crippen LogP contribution >= 0.6 is 24.0 Å². The summed E-state index contributed by atoms with van der Waals surface area (Å²) >= 11 is 5.94. The Hall–Kier alpha value is -0.880. The van der Waals surface area contributed by atoms with Gasteiger partial charge in [-0.25, -0.2) is 4.39 Å². The average molecular weight is 350 g/mol. The Balaban J connectivity index is 0.00000242. The third-order valence-corrected chi connectivity index (χ3v) is 3.78. The summed E-state index contributed by atoms with van der Waals surface area (Å²) in [5.74, 6) is -0.914. The SMILES string of the molecule is CC(C)(N)CN1CCN(C(=O)c2c(F)cccc2Cl)CC1.Cl. The van der Waals surface area contributed by atoms with Crippen molar-refractivity contribution >= 4 is 29.9 Å². The van der Waals surface area contributed by atoms with Crippen LogP contribution in [0, 0.1) is 5.82 Å². The van der Waals surface area contributed by atoms with Crippen LogP contribution in [-0.2, 0) is 0 Å². The Morgan fingerprint density at radius 2 is 1.91 bits per heavy atom. The Morgan fingerprint density at radius 3 is 2.41 bits per heavy atom. The molecule has 124 valence electrons. The molecule has 2 rings (SSSR count). The molecule has 0 saturated carbocycles. The molecule has 7 heteroatoms. The minimum atomic E-state index is -0.571. The van der Waals surface area contributed by atoms with Crippen molar-refractivity contribution in [2.24, 2.45) is 5.73 Å². The fraction of sp³-hybridized carbons (Fsp3) is 0.533. The summed E-state index contributed by atoms with van der Waals surface area (Å²) in [6, 6.07) is 4.28. The first-order valence-electron chi connectivity index (χ1n) is 7.02. The van der Waals surface area contributed by atoms with Gasteiger partial charge in [0.25, 0.3) is 5.91 Å². The number of hydrogen-bond acceptors (Lipinski definition) is 3. The highest BCUT2D eigenvalue weighted by Crippen LogP contribution is 2.21. The van der Waals surface area contributed by atoms with Crippen LogP contribution in [0.15, 0.2) is 18.2 Å². The van der Waals surface area contributed by atoms with Gasteiger partial charge in [0.1, 0.15) is 5.82 Å². The summed E-state index contributed by atoms with van der Waals surface area (Å²) in [6.45, 7) is 7.30. The van der Waals surface area contributed by atoms with Crippen LogP contribution < -0.4 is 5.73 Å². The lowest BCUT2D eigenvalue weighted by atomic mass is 10.1. The number of nitrogens with two attached hydrogens (primary N) is 1. The van der Waals surface area contributed by atoms with Crippen molar-refractivity contribution in [1.82, 2.24) is 9.80 Å². The number of hydrogen-bond donors (Lipinski definition) is 1. The van der Waals surface area contributed by atoms with Crippen LogP contribution in [0.5, 0.6) is 0 Å². The standard InChI is InChI=1S/C15H21ClFN3O.ClH/c1-15(2,18)10-19-6-8-20(9-7-19)14(21)13-11(16)4-3-5-12(13)17;/h3-5H,6-10,18H2,1-2H3;1H. The second-order valence-corrected chi connectivity index (χ2v) is 6.56. The third-order valence-electron chi connectivity index (χ3n) is 3.47. The highest BCUT2D eigenvalue weighted by atomic mass is 35.5. The van der Waals surface area contributed by atoms with E-state index in [1.807, 2.05) is 13.8 Å². The number of carbonyl (C=O) groups excluding carboxylic acids is 1. The number of carbonyl (C=O) groups is 1. The minimum absolute atomic E-state index is 0. The highest BCUT2D eigenvalue weighted by Gasteiger charge is 2.27. The molecule has 0 bridgehead atoms. The molecular formula is C15H22Cl2FN3O. The summed E-state index contributed by atoms with van der Waals surface area (Å²) in [5.41, 5.74) is 5.70. The molecular weight excluding hydrogens is 328 g/mol. The normalized spacial score (nSPS) is 16.3. The zero-order chi connectivity index (χ0) is 15.6. The van der Waals surface area contributed by atoms with Gasteiger partial charge in [0, 0.05) is 38.3 Å². The predicted molar refractivity (Wildman–Crippen MR) is 89.3 cm³/mol. The van der Waals surface area contributed by atoms with Crippen molar-refractivity contribution in [2.45, 2.75) is 19.4 Å². The van der Waals surface area contributed by atoms with Crippen LogP contribution in [0.25, 0.3) is 0 Å². The molecule has 1 heterocycles. The van der Waals surface area contributed by atoms with Crippen LogP contribution in [0.1, 0.15) is 24.2 Å². The topological polar surface area (TPSA) is 49.6 Å². The molecule has 2 N–H and O–H groups in total. The van der Waals surface area contributed by atoms with E-state index >= 15 is 0 Å². The number of benzene rings is 1. The molecule has 0 spiro atoms. The molecule has 1 saturated heterocycles. The second kappa shape index (κ2) is 7.59. The zero-order valence-electron chi connectivity index (χ0n) is 12.8. The first-order chi connectivity index (χ1) is 9.78. The van der Waals surface area contributed by atoms with Crippen molar-refractivity contribution in [3.63, 3.8) is 0 Å². The quantitative estimate of drug-likeness (QED) is 0.911. The zero-order valence-corrected chi connectivity index (χ0v) is 14.4. The maximum atomic E-state index is 13.8. The molecule has 1 aromatic carbocycles. The van der Waals surface area contributed by atoms with Gasteiger partial charge in [-0.1, -0.05) is 17.7 Å². The van der Waals surface area contributed by atoms with Crippen LogP contribution in [-0.4, -0.2) is 54.0 Å². The van der Waals surface area contributed by atoms with Gasteiger partial charge in [-0.15, -0.1) is 12.4 Å². The molecule has 22 heavy (non-hydrogen) atoms. The molecule has 1 fully saturated rings. The number of piperazine rings is 1. The first kappa shape index (κ1) is 19.2. The van der Waals surface area contributed by atoms with E-state index in [1.54, 1.807) is 4.90 Å². The molecule has 0 atom stereocenters. The summed E-state index contributed by atoms with van der Waals surface area (Å²) in [4.78, 5) is 16.2. The fourth-order valence-corrected chi connectivity index (χ4v) is 2.79. The van der Waals surface area contributed by atoms with E-state index in [4.69, 9.17) is 17.3 Å². The number of amides is 1. The predicted octanol–water partition coefficient (Wildman–Crippen LogP) is 2.40. The van der Waals surface area contributed by atoms with E-state index in [0.717, 1.165) is 19.6 Å². The van der Waals surface area contributed by atoms with Crippen LogP contribution in [0.3, 0.4) is 0 Å². The monoisotopic (exact) mass is 349 g/mol. The van der Waals surface area contributed by atoms with Crippen molar-refractivity contribution in [3.8, 4) is 0 Å². The van der Waals surface area contributed by atoms with Crippen LogP contribution in [0.2, 0.25) is 5.02 Å². The molecule has 1 aliphatic heterocycles. The second-order valence-electron chi connectivity index (χ2n) is 6.15. The minimum Gasteiger partial charge on any atom is -0.336 e. The molecule has 0 unspecified atom stereocenters. The van der Waals surface area contributed by atoms with Crippen molar-refractivity contribution in [2.75, 3.05) is 32.7 Å². The Kier molecular flexibility index (Phi) is 6.62. The third kappa shape index (κ3) is 4.81. The largest absolute Gasteiger partial charge is 0.336 e. The lowest BCUT2D eigenvalue weighted by Crippen LogP contribution is -2.54. The van der Waals surface area contributed by atoms with E-state index in [-0.39, 0.29) is 34.4 Å². The molecule has 1 amide bonds. The molecule has 1 aliphatic rings. The van der Waals surface area contributed by atoms with E-state index in [1.165, 1.54) is 18.2 Å². The highest BCUT2D eigenvalue weighted by molar-refractivity contribution is 6.33. The number of nitrogens with zero attached hydrogens (tertiary/aromatic N) is 2. The van der Waals surface area contributed by atoms with Gasteiger partial charge in [-0.2, -0.15) is 0 Å². The van der Waals surface area contributed by atoms with Gasteiger partial charge in [0.15, 0.2) is 0 Å². The van der Waals surface area contributed by atoms with Crippen molar-refractivity contribution in [3.05, 3.63) is 34.6 Å². The number of rotatable bonds is 3. The molecule has 1 aromatic rings. The van der Waals surface area contributed by atoms with Gasteiger partial charge in [0.2, 0.25) is 0 Å². The van der Waals surface area contributed by atoms with Crippen LogP contribution in [0.4, 0.5) is 4.39 Å². The smallest absolute Gasteiger partial charge is 0.258 e. The molecule has 4 nitrogen and oxygen atoms in total. The maximum Gasteiger partial charge on any atom is 0.258 e. The van der Waals surface area contributed by atoms with Gasteiger partial charge in [-0.05, 0) is 26.0 Å². The van der Waals surface area contributed by atoms with Gasteiger partial charge >= 0.3 is 0 Å². The average Bonchev–Trinajstić information content (AvgIpc) is 2.37. The number of halogens is 3. The van der Waals surface area contributed by atoms with Gasteiger partial charge in [-0.3, -0.25) is 9.69 Å². The molecule has 0 aliphatic carbocycles. The van der Waals surface area contributed by atoms with Gasteiger partial charge < -0.3 is 10.6 Å².